The zero-order valence-corrected chi connectivity index (χ0v) is 14.1. The normalized spacial score (nSPS) is 12.3. The topological polar surface area (TPSA) is 21.8 Å². The van der Waals surface area contributed by atoms with E-state index in [1.807, 2.05) is 0 Å². The smallest absolute Gasteiger partial charge is 0.0110 e. The fourth-order valence-corrected chi connectivity index (χ4v) is 2.03. The molecule has 19 heavy (non-hydrogen) atoms. The molecule has 0 bridgehead atoms. The molecule has 0 saturated carbocycles. The van der Waals surface area contributed by atoms with E-state index in [9.17, 15) is 0 Å². The highest BCUT2D eigenvalue weighted by Gasteiger charge is 2.07. The van der Waals surface area contributed by atoms with Gasteiger partial charge >= 0.3 is 0 Å². The quantitative estimate of drug-likeness (QED) is 0.536. The van der Waals surface area contributed by atoms with Gasteiger partial charge in [0.15, 0.2) is 0 Å². The maximum Gasteiger partial charge on any atom is 0.0110 e. The van der Waals surface area contributed by atoms with Gasteiger partial charge in [0.1, 0.15) is 0 Å². The van der Waals surface area contributed by atoms with Gasteiger partial charge in [0, 0.05) is 32.7 Å². The van der Waals surface area contributed by atoms with Gasteiger partial charge in [0.25, 0.3) is 0 Å². The second-order valence-corrected chi connectivity index (χ2v) is 6.40. The van der Waals surface area contributed by atoms with E-state index in [2.05, 4.69) is 62.1 Å². The molecule has 4 heteroatoms. The molecule has 0 radical (unpaired) electrons. The van der Waals surface area contributed by atoms with E-state index in [4.69, 9.17) is 0 Å². The minimum atomic E-state index is 0.746. The lowest BCUT2D eigenvalue weighted by Gasteiger charge is -2.26. The first-order chi connectivity index (χ1) is 8.91. The lowest BCUT2D eigenvalue weighted by molar-refractivity contribution is 0.219. The molecule has 0 unspecified atom stereocenters. The first kappa shape index (κ1) is 18.8. The first-order valence-electron chi connectivity index (χ1n) is 7.64. The zero-order valence-electron chi connectivity index (χ0n) is 14.1. The number of nitrogens with one attached hydrogen (secondary N) is 1. The van der Waals surface area contributed by atoms with Gasteiger partial charge < -0.3 is 20.0 Å². The number of nitrogens with zero attached hydrogens (tertiary/aromatic N) is 3. The van der Waals surface area contributed by atoms with E-state index in [1.165, 1.54) is 26.1 Å². The van der Waals surface area contributed by atoms with Crippen molar-refractivity contribution in [2.24, 2.45) is 5.92 Å². The largest absolute Gasteiger partial charge is 0.315 e. The van der Waals surface area contributed by atoms with Crippen LogP contribution in [0.1, 0.15) is 20.3 Å². The van der Waals surface area contributed by atoms with Crippen LogP contribution in [0.5, 0.6) is 0 Å². The molecule has 0 saturated heterocycles. The predicted molar refractivity (Wildman–Crippen MR) is 85.9 cm³/mol. The summed E-state index contributed by atoms with van der Waals surface area (Å²) in [6.07, 6.45) is 1.23. The van der Waals surface area contributed by atoms with Crippen molar-refractivity contribution >= 4 is 0 Å². The molecular weight excluding hydrogens is 236 g/mol. The molecule has 0 aliphatic heterocycles. The summed E-state index contributed by atoms with van der Waals surface area (Å²) in [4.78, 5) is 7.07. The van der Waals surface area contributed by atoms with Crippen molar-refractivity contribution in [2.75, 3.05) is 74.0 Å². The van der Waals surface area contributed by atoms with E-state index >= 15 is 0 Å². The summed E-state index contributed by atoms with van der Waals surface area (Å²) < 4.78 is 0. The molecule has 0 amide bonds. The average molecular weight is 272 g/mol. The van der Waals surface area contributed by atoms with E-state index < -0.39 is 0 Å². The van der Waals surface area contributed by atoms with Gasteiger partial charge in [-0.15, -0.1) is 0 Å². The molecule has 0 aromatic rings. The Morgan fingerprint density at radius 3 is 1.95 bits per heavy atom. The Balaban J connectivity index is 3.67. The summed E-state index contributed by atoms with van der Waals surface area (Å²) >= 11 is 0. The first-order valence-corrected chi connectivity index (χ1v) is 7.64. The molecule has 0 aromatic carbocycles. The summed E-state index contributed by atoms with van der Waals surface area (Å²) in [5.41, 5.74) is 0. The Bertz CT molecular complexity index is 193. The van der Waals surface area contributed by atoms with Crippen LogP contribution in [0.25, 0.3) is 0 Å². The molecule has 0 fully saturated rings. The lowest BCUT2D eigenvalue weighted by atomic mass is 10.2. The molecule has 0 atom stereocenters. The number of hydrogen-bond donors (Lipinski definition) is 1. The van der Waals surface area contributed by atoms with Crippen molar-refractivity contribution in [3.8, 4) is 0 Å². The molecule has 0 aliphatic rings. The summed E-state index contributed by atoms with van der Waals surface area (Å²) in [7, 11) is 8.55. The third-order valence-corrected chi connectivity index (χ3v) is 3.05. The average Bonchev–Trinajstić information content (AvgIpc) is 2.29. The number of hydrogen-bond acceptors (Lipinski definition) is 4. The van der Waals surface area contributed by atoms with Crippen LogP contribution in [0.2, 0.25) is 0 Å². The molecule has 0 aromatic heterocycles. The van der Waals surface area contributed by atoms with Gasteiger partial charge in [-0.25, -0.2) is 0 Å². The summed E-state index contributed by atoms with van der Waals surface area (Å²) in [5.74, 6) is 0.746. The summed E-state index contributed by atoms with van der Waals surface area (Å²) in [6.45, 7) is 12.7. The molecule has 1 N–H and O–H groups in total. The summed E-state index contributed by atoms with van der Waals surface area (Å²) in [6, 6.07) is 0. The van der Waals surface area contributed by atoms with E-state index in [-0.39, 0.29) is 0 Å². The van der Waals surface area contributed by atoms with Gasteiger partial charge in [0.05, 0.1) is 0 Å². The lowest BCUT2D eigenvalue weighted by Crippen LogP contribution is -2.39. The highest BCUT2D eigenvalue weighted by atomic mass is 15.2. The highest BCUT2D eigenvalue weighted by Crippen LogP contribution is 1.98. The second-order valence-electron chi connectivity index (χ2n) is 6.40. The van der Waals surface area contributed by atoms with Gasteiger partial charge in [-0.1, -0.05) is 13.8 Å². The van der Waals surface area contributed by atoms with Gasteiger partial charge in [-0.3, -0.25) is 0 Å². The molecule has 0 heterocycles. The van der Waals surface area contributed by atoms with Gasteiger partial charge in [-0.05, 0) is 53.6 Å². The summed E-state index contributed by atoms with van der Waals surface area (Å²) in [5, 5.41) is 3.55. The Labute approximate surface area is 121 Å². The standard InChI is InChI=1S/C15H36N4/c1-15(2)14-19(13-12-18(5)6)11-9-16-8-7-10-17(3)4/h15-16H,7-14H2,1-6H3. The Morgan fingerprint density at radius 2 is 1.42 bits per heavy atom. The zero-order chi connectivity index (χ0) is 14.7. The van der Waals surface area contributed by atoms with Crippen molar-refractivity contribution in [2.45, 2.75) is 20.3 Å². The van der Waals surface area contributed by atoms with E-state index in [0.717, 1.165) is 32.1 Å². The van der Waals surface area contributed by atoms with Crippen LogP contribution in [0.3, 0.4) is 0 Å². The van der Waals surface area contributed by atoms with E-state index in [0.29, 0.717) is 0 Å². The Hall–Kier alpha value is -0.160. The predicted octanol–water partition coefficient (Wildman–Crippen LogP) is 1.05. The minimum Gasteiger partial charge on any atom is -0.315 e. The van der Waals surface area contributed by atoms with Gasteiger partial charge in [0.2, 0.25) is 0 Å². The van der Waals surface area contributed by atoms with Crippen molar-refractivity contribution in [3.63, 3.8) is 0 Å². The van der Waals surface area contributed by atoms with Crippen LogP contribution in [-0.4, -0.2) is 88.7 Å². The fraction of sp³-hybridized carbons (Fsp3) is 1.00. The van der Waals surface area contributed by atoms with Crippen LogP contribution in [0.4, 0.5) is 0 Å². The maximum absolute atomic E-state index is 3.55. The third kappa shape index (κ3) is 14.1. The number of rotatable bonds is 12. The van der Waals surface area contributed by atoms with Crippen molar-refractivity contribution in [3.05, 3.63) is 0 Å². The number of likely N-dealkylation sites (N-methyl/N-ethyl adjacent to an activating group) is 1. The van der Waals surface area contributed by atoms with Crippen molar-refractivity contribution in [1.29, 1.82) is 0 Å². The third-order valence-electron chi connectivity index (χ3n) is 3.05. The van der Waals surface area contributed by atoms with Crippen molar-refractivity contribution in [1.82, 2.24) is 20.0 Å². The van der Waals surface area contributed by atoms with Crippen LogP contribution in [0.15, 0.2) is 0 Å². The second kappa shape index (κ2) is 11.6. The monoisotopic (exact) mass is 272 g/mol. The molecule has 0 aliphatic carbocycles. The minimum absolute atomic E-state index is 0.746. The van der Waals surface area contributed by atoms with E-state index in [1.54, 1.807) is 0 Å². The van der Waals surface area contributed by atoms with Crippen LogP contribution < -0.4 is 5.32 Å². The van der Waals surface area contributed by atoms with Gasteiger partial charge in [-0.2, -0.15) is 0 Å². The van der Waals surface area contributed by atoms with Crippen LogP contribution in [-0.2, 0) is 0 Å². The SMILES string of the molecule is CC(C)CN(CCNCCCN(C)C)CCN(C)C. The molecule has 4 nitrogen and oxygen atoms in total. The Morgan fingerprint density at radius 1 is 0.789 bits per heavy atom. The molecule has 116 valence electrons. The molecular formula is C15H36N4. The van der Waals surface area contributed by atoms with Crippen molar-refractivity contribution < 1.29 is 0 Å². The van der Waals surface area contributed by atoms with Crippen LogP contribution in [0, 0.1) is 5.92 Å². The fourth-order valence-electron chi connectivity index (χ4n) is 2.03. The van der Waals surface area contributed by atoms with Crippen LogP contribution >= 0.6 is 0 Å². The Kier molecular flexibility index (Phi) is 11.6. The molecule has 0 rings (SSSR count). The molecule has 0 spiro atoms. The highest BCUT2D eigenvalue weighted by molar-refractivity contribution is 4.64. The maximum atomic E-state index is 3.55.